The van der Waals surface area contributed by atoms with E-state index >= 15 is 0 Å². The van der Waals surface area contributed by atoms with Crippen molar-refractivity contribution in [2.45, 2.75) is 26.7 Å². The van der Waals surface area contributed by atoms with Gasteiger partial charge in [-0.25, -0.2) is 8.42 Å². The van der Waals surface area contributed by atoms with E-state index in [9.17, 15) is 13.2 Å². The number of hydrogen-bond donors (Lipinski definition) is 1. The van der Waals surface area contributed by atoms with Crippen molar-refractivity contribution in [1.82, 2.24) is 0 Å². The molecular formula is C19H23ClN2O3S. The van der Waals surface area contributed by atoms with Gasteiger partial charge in [0.1, 0.15) is 0 Å². The number of carbonyl (C=O) groups excluding carboxylic acids is 1. The van der Waals surface area contributed by atoms with Gasteiger partial charge in [-0.15, -0.1) is 0 Å². The molecule has 0 heterocycles. The van der Waals surface area contributed by atoms with Crippen LogP contribution in [0.4, 0.5) is 11.4 Å². The molecule has 2 aromatic rings. The number of aryl methyl sites for hydroxylation is 2. The molecule has 7 heteroatoms. The Bertz CT molecular complexity index is 880. The summed E-state index contributed by atoms with van der Waals surface area (Å²) in [5.41, 5.74) is 3.19. The second-order valence-electron chi connectivity index (χ2n) is 6.28. The van der Waals surface area contributed by atoms with Crippen LogP contribution in [0.15, 0.2) is 42.5 Å². The molecule has 5 nitrogen and oxygen atoms in total. The van der Waals surface area contributed by atoms with Gasteiger partial charge in [-0.05, 0) is 50.1 Å². The second-order valence-corrected chi connectivity index (χ2v) is 8.63. The van der Waals surface area contributed by atoms with Gasteiger partial charge < -0.3 is 5.32 Å². The molecule has 140 valence electrons. The standard InChI is InChI=1S/C19H23ClN2O3S/c1-14-6-10-17(11-7-14)21-19(23)5-4-12-22(26(3,24)25)18-13-16(20)9-8-15(18)2/h6-11,13H,4-5,12H2,1-3H3,(H,21,23). The van der Waals surface area contributed by atoms with E-state index in [2.05, 4.69) is 5.32 Å². The molecule has 0 aliphatic rings. The van der Waals surface area contributed by atoms with E-state index in [0.717, 1.165) is 23.1 Å². The van der Waals surface area contributed by atoms with Crippen LogP contribution in [0.25, 0.3) is 0 Å². The highest BCUT2D eigenvalue weighted by molar-refractivity contribution is 7.92. The molecule has 1 N–H and O–H groups in total. The third kappa shape index (κ3) is 5.75. The molecule has 0 aliphatic carbocycles. The van der Waals surface area contributed by atoms with Crippen LogP contribution in [0.3, 0.4) is 0 Å². The van der Waals surface area contributed by atoms with Crippen LogP contribution < -0.4 is 9.62 Å². The van der Waals surface area contributed by atoms with E-state index in [-0.39, 0.29) is 18.9 Å². The third-order valence-corrected chi connectivity index (χ3v) is 5.36. The summed E-state index contributed by atoms with van der Waals surface area (Å²) in [6, 6.07) is 12.6. The molecule has 0 atom stereocenters. The summed E-state index contributed by atoms with van der Waals surface area (Å²) < 4.78 is 25.7. The fourth-order valence-electron chi connectivity index (χ4n) is 2.56. The highest BCUT2D eigenvalue weighted by Crippen LogP contribution is 2.26. The Labute approximate surface area is 160 Å². The zero-order valence-electron chi connectivity index (χ0n) is 15.1. The Morgan fingerprint density at radius 2 is 1.77 bits per heavy atom. The smallest absolute Gasteiger partial charge is 0.232 e. The number of sulfonamides is 1. The van der Waals surface area contributed by atoms with Crippen molar-refractivity contribution < 1.29 is 13.2 Å². The van der Waals surface area contributed by atoms with E-state index in [1.165, 1.54) is 4.31 Å². The van der Waals surface area contributed by atoms with Gasteiger partial charge in [0.2, 0.25) is 15.9 Å². The molecule has 0 unspecified atom stereocenters. The number of nitrogens with one attached hydrogen (secondary N) is 1. The molecule has 2 rings (SSSR count). The summed E-state index contributed by atoms with van der Waals surface area (Å²) in [5.74, 6) is -0.148. The van der Waals surface area contributed by atoms with Gasteiger partial charge in [-0.1, -0.05) is 35.4 Å². The van der Waals surface area contributed by atoms with E-state index in [0.29, 0.717) is 17.1 Å². The van der Waals surface area contributed by atoms with Crippen molar-refractivity contribution in [2.24, 2.45) is 0 Å². The molecule has 0 spiro atoms. The maximum atomic E-state index is 12.2. The predicted octanol–water partition coefficient (Wildman–Crippen LogP) is 4.14. The van der Waals surface area contributed by atoms with Crippen LogP contribution >= 0.6 is 11.6 Å². The number of halogens is 1. The zero-order chi connectivity index (χ0) is 19.3. The SMILES string of the molecule is Cc1ccc(NC(=O)CCCN(c2cc(Cl)ccc2C)S(C)(=O)=O)cc1. The Kier molecular flexibility index (Phi) is 6.67. The number of nitrogens with zero attached hydrogens (tertiary/aromatic N) is 1. The Morgan fingerprint density at radius 3 is 2.38 bits per heavy atom. The lowest BCUT2D eigenvalue weighted by molar-refractivity contribution is -0.116. The molecule has 0 saturated heterocycles. The first-order valence-electron chi connectivity index (χ1n) is 8.27. The molecule has 0 bridgehead atoms. The maximum absolute atomic E-state index is 12.2. The molecule has 26 heavy (non-hydrogen) atoms. The summed E-state index contributed by atoms with van der Waals surface area (Å²) in [4.78, 5) is 12.1. The van der Waals surface area contributed by atoms with Crippen LogP contribution in [0.2, 0.25) is 5.02 Å². The quantitative estimate of drug-likeness (QED) is 0.767. The monoisotopic (exact) mass is 394 g/mol. The number of amides is 1. The molecule has 0 aromatic heterocycles. The minimum absolute atomic E-state index is 0.148. The molecular weight excluding hydrogens is 372 g/mol. The highest BCUT2D eigenvalue weighted by atomic mass is 35.5. The first kappa shape index (κ1) is 20.3. The third-order valence-electron chi connectivity index (χ3n) is 3.94. The van der Waals surface area contributed by atoms with E-state index in [1.807, 2.05) is 38.1 Å². The average molecular weight is 395 g/mol. The minimum Gasteiger partial charge on any atom is -0.326 e. The van der Waals surface area contributed by atoms with E-state index in [1.54, 1.807) is 18.2 Å². The van der Waals surface area contributed by atoms with Crippen LogP contribution in [-0.2, 0) is 14.8 Å². The molecule has 2 aromatic carbocycles. The van der Waals surface area contributed by atoms with Crippen LogP contribution in [0.1, 0.15) is 24.0 Å². The van der Waals surface area contributed by atoms with E-state index in [4.69, 9.17) is 11.6 Å². The summed E-state index contributed by atoms with van der Waals surface area (Å²) in [5, 5.41) is 3.28. The van der Waals surface area contributed by atoms with Crippen molar-refractivity contribution >= 4 is 38.9 Å². The number of rotatable bonds is 7. The van der Waals surface area contributed by atoms with Gasteiger partial charge >= 0.3 is 0 Å². The van der Waals surface area contributed by atoms with Crippen molar-refractivity contribution in [3.8, 4) is 0 Å². The summed E-state index contributed by atoms with van der Waals surface area (Å²) in [7, 11) is -3.48. The number of hydrogen-bond acceptors (Lipinski definition) is 3. The number of benzene rings is 2. The lowest BCUT2D eigenvalue weighted by Gasteiger charge is -2.24. The lowest BCUT2D eigenvalue weighted by Crippen LogP contribution is -2.32. The molecule has 0 saturated carbocycles. The predicted molar refractivity (Wildman–Crippen MR) is 107 cm³/mol. The number of carbonyl (C=O) groups is 1. The van der Waals surface area contributed by atoms with Crippen LogP contribution in [0.5, 0.6) is 0 Å². The topological polar surface area (TPSA) is 66.5 Å². The van der Waals surface area contributed by atoms with E-state index < -0.39 is 10.0 Å². The van der Waals surface area contributed by atoms with Gasteiger partial charge in [0.15, 0.2) is 0 Å². The summed E-state index contributed by atoms with van der Waals surface area (Å²) in [6.45, 7) is 4.01. The van der Waals surface area contributed by atoms with Gasteiger partial charge in [0, 0.05) is 23.7 Å². The average Bonchev–Trinajstić information content (AvgIpc) is 2.55. The fraction of sp³-hybridized carbons (Fsp3) is 0.316. The molecule has 1 amide bonds. The normalized spacial score (nSPS) is 11.2. The summed E-state index contributed by atoms with van der Waals surface area (Å²) >= 11 is 6.01. The van der Waals surface area contributed by atoms with Crippen LogP contribution in [0, 0.1) is 13.8 Å². The van der Waals surface area contributed by atoms with Gasteiger partial charge in [-0.2, -0.15) is 0 Å². The fourth-order valence-corrected chi connectivity index (χ4v) is 3.74. The Hall–Kier alpha value is -2.05. The highest BCUT2D eigenvalue weighted by Gasteiger charge is 2.19. The zero-order valence-corrected chi connectivity index (χ0v) is 16.7. The molecule has 0 aliphatic heterocycles. The van der Waals surface area contributed by atoms with Crippen LogP contribution in [-0.4, -0.2) is 27.1 Å². The summed E-state index contributed by atoms with van der Waals surface area (Å²) in [6.07, 6.45) is 1.77. The molecule has 0 fully saturated rings. The lowest BCUT2D eigenvalue weighted by atomic mass is 10.2. The van der Waals surface area contributed by atoms with Crippen molar-refractivity contribution in [1.29, 1.82) is 0 Å². The van der Waals surface area contributed by atoms with Gasteiger partial charge in [0.25, 0.3) is 0 Å². The Balaban J connectivity index is 2.01. The number of anilines is 2. The second kappa shape index (κ2) is 8.56. The minimum atomic E-state index is -3.48. The van der Waals surface area contributed by atoms with Gasteiger partial charge in [-0.3, -0.25) is 9.10 Å². The first-order valence-corrected chi connectivity index (χ1v) is 10.5. The maximum Gasteiger partial charge on any atom is 0.232 e. The Morgan fingerprint density at radius 1 is 1.12 bits per heavy atom. The van der Waals surface area contributed by atoms with Crippen molar-refractivity contribution in [2.75, 3.05) is 22.4 Å². The largest absolute Gasteiger partial charge is 0.326 e. The first-order chi connectivity index (χ1) is 12.2. The van der Waals surface area contributed by atoms with Gasteiger partial charge in [0.05, 0.1) is 11.9 Å². The van der Waals surface area contributed by atoms with Crippen molar-refractivity contribution in [3.05, 3.63) is 58.6 Å². The van der Waals surface area contributed by atoms with Crippen molar-refractivity contribution in [3.63, 3.8) is 0 Å². The molecule has 0 radical (unpaired) electrons.